The van der Waals surface area contributed by atoms with Crippen LogP contribution >= 0.6 is 0 Å². The number of piperidine rings is 1. The van der Waals surface area contributed by atoms with E-state index in [-0.39, 0.29) is 11.9 Å². The van der Waals surface area contributed by atoms with Crippen LogP contribution in [0.4, 0.5) is 0 Å². The van der Waals surface area contributed by atoms with Gasteiger partial charge in [0.2, 0.25) is 5.91 Å². The minimum absolute atomic E-state index is 0.0847. The molecule has 0 saturated carbocycles. The maximum atomic E-state index is 11.8. The summed E-state index contributed by atoms with van der Waals surface area (Å²) in [5, 5.41) is 0. The summed E-state index contributed by atoms with van der Waals surface area (Å²) in [6.07, 6.45) is 2.39. The number of nitrogens with two attached hydrogens (primary N) is 1. The zero-order chi connectivity index (χ0) is 12.1. The molecule has 0 spiro atoms. The predicted molar refractivity (Wildman–Crippen MR) is 66.1 cm³/mol. The van der Waals surface area contributed by atoms with Gasteiger partial charge in [-0.25, -0.2) is 0 Å². The molecular formula is C12H25N3O. The molecule has 1 aliphatic rings. The molecule has 0 unspecified atom stereocenters. The van der Waals surface area contributed by atoms with Gasteiger partial charge in [0, 0.05) is 13.1 Å². The lowest BCUT2D eigenvalue weighted by atomic mass is 9.96. The average molecular weight is 227 g/mol. The van der Waals surface area contributed by atoms with Crippen molar-refractivity contribution in [3.63, 3.8) is 0 Å². The fraction of sp³-hybridized carbons (Fsp3) is 0.917. The number of carbonyl (C=O) groups is 1. The second-order valence-electron chi connectivity index (χ2n) is 4.91. The summed E-state index contributed by atoms with van der Waals surface area (Å²) in [4.78, 5) is 16.1. The van der Waals surface area contributed by atoms with Crippen molar-refractivity contribution >= 4 is 5.91 Å². The third-order valence-corrected chi connectivity index (χ3v) is 3.40. The van der Waals surface area contributed by atoms with Crippen LogP contribution in [-0.2, 0) is 4.79 Å². The number of likely N-dealkylation sites (tertiary alicyclic amines) is 1. The van der Waals surface area contributed by atoms with Gasteiger partial charge in [0.1, 0.15) is 0 Å². The summed E-state index contributed by atoms with van der Waals surface area (Å²) in [6.45, 7) is 7.73. The Hall–Kier alpha value is -0.610. The zero-order valence-electron chi connectivity index (χ0n) is 10.8. The van der Waals surface area contributed by atoms with Crippen LogP contribution in [0.5, 0.6) is 0 Å². The summed E-state index contributed by atoms with van der Waals surface area (Å²) < 4.78 is 0. The van der Waals surface area contributed by atoms with E-state index in [1.807, 2.05) is 11.8 Å². The summed E-state index contributed by atoms with van der Waals surface area (Å²) in [5.74, 6) is 0.736. The van der Waals surface area contributed by atoms with Gasteiger partial charge in [-0.15, -0.1) is 0 Å². The first-order chi connectivity index (χ1) is 7.54. The highest BCUT2D eigenvalue weighted by Crippen LogP contribution is 2.17. The molecule has 94 valence electrons. The highest BCUT2D eigenvalue weighted by molar-refractivity contribution is 5.81. The highest BCUT2D eigenvalue weighted by Gasteiger charge is 2.22. The van der Waals surface area contributed by atoms with E-state index in [4.69, 9.17) is 5.73 Å². The second-order valence-corrected chi connectivity index (χ2v) is 4.91. The van der Waals surface area contributed by atoms with Crippen LogP contribution < -0.4 is 5.73 Å². The maximum Gasteiger partial charge on any atom is 0.239 e. The van der Waals surface area contributed by atoms with E-state index in [1.165, 1.54) is 12.8 Å². The van der Waals surface area contributed by atoms with Crippen molar-refractivity contribution in [2.24, 2.45) is 11.7 Å². The highest BCUT2D eigenvalue weighted by atomic mass is 16.2. The van der Waals surface area contributed by atoms with Gasteiger partial charge in [-0.05, 0) is 52.7 Å². The molecule has 0 aliphatic carbocycles. The Labute approximate surface area is 98.8 Å². The van der Waals surface area contributed by atoms with Gasteiger partial charge in [0.25, 0.3) is 0 Å². The first-order valence-electron chi connectivity index (χ1n) is 6.27. The molecule has 1 aliphatic heterocycles. The summed E-state index contributed by atoms with van der Waals surface area (Å²) in [5.41, 5.74) is 5.64. The van der Waals surface area contributed by atoms with E-state index in [2.05, 4.69) is 11.9 Å². The zero-order valence-corrected chi connectivity index (χ0v) is 10.8. The topological polar surface area (TPSA) is 49.6 Å². The number of rotatable bonds is 4. The minimum atomic E-state index is -0.369. The van der Waals surface area contributed by atoms with Crippen molar-refractivity contribution in [1.29, 1.82) is 0 Å². The Kier molecular flexibility index (Phi) is 5.22. The smallest absolute Gasteiger partial charge is 0.239 e. The molecule has 0 aromatic carbocycles. The van der Waals surface area contributed by atoms with Crippen molar-refractivity contribution < 1.29 is 4.79 Å². The van der Waals surface area contributed by atoms with Gasteiger partial charge in [0.15, 0.2) is 0 Å². The van der Waals surface area contributed by atoms with E-state index in [0.717, 1.165) is 26.2 Å². The number of hydrogen-bond donors (Lipinski definition) is 1. The molecule has 1 saturated heterocycles. The van der Waals surface area contributed by atoms with Crippen LogP contribution in [0.3, 0.4) is 0 Å². The number of nitrogens with zero attached hydrogens (tertiary/aromatic N) is 2. The molecule has 1 heterocycles. The standard InChI is InChI=1S/C12H25N3O/c1-4-15(12(16)10(2)13)9-11-5-7-14(3)8-6-11/h10-11H,4-9,13H2,1-3H3/t10-/m0/s1. The van der Waals surface area contributed by atoms with Crippen LogP contribution in [0.15, 0.2) is 0 Å². The number of likely N-dealkylation sites (N-methyl/N-ethyl adjacent to an activating group) is 1. The summed E-state index contributed by atoms with van der Waals surface area (Å²) >= 11 is 0. The van der Waals surface area contributed by atoms with Crippen LogP contribution in [0.2, 0.25) is 0 Å². The third-order valence-electron chi connectivity index (χ3n) is 3.40. The van der Waals surface area contributed by atoms with Gasteiger partial charge in [-0.2, -0.15) is 0 Å². The van der Waals surface area contributed by atoms with Crippen molar-refractivity contribution in [2.45, 2.75) is 32.7 Å². The first kappa shape index (κ1) is 13.5. The van der Waals surface area contributed by atoms with Crippen molar-refractivity contribution in [1.82, 2.24) is 9.80 Å². The summed E-state index contributed by atoms with van der Waals surface area (Å²) in [7, 11) is 2.15. The first-order valence-corrected chi connectivity index (χ1v) is 6.27. The number of carbonyl (C=O) groups excluding carboxylic acids is 1. The predicted octanol–water partition coefficient (Wildman–Crippen LogP) is 0.524. The van der Waals surface area contributed by atoms with Crippen LogP contribution in [0, 0.1) is 5.92 Å². The van der Waals surface area contributed by atoms with Crippen LogP contribution in [0.25, 0.3) is 0 Å². The summed E-state index contributed by atoms with van der Waals surface area (Å²) in [6, 6.07) is -0.369. The third kappa shape index (κ3) is 3.76. The molecule has 0 bridgehead atoms. The fourth-order valence-corrected chi connectivity index (χ4v) is 2.22. The Morgan fingerprint density at radius 1 is 1.50 bits per heavy atom. The van der Waals surface area contributed by atoms with Crippen molar-refractivity contribution in [3.05, 3.63) is 0 Å². The molecule has 0 aromatic rings. The Morgan fingerprint density at radius 3 is 2.50 bits per heavy atom. The Bertz CT molecular complexity index is 222. The Balaban J connectivity index is 2.41. The molecule has 2 N–H and O–H groups in total. The normalized spacial score (nSPS) is 20.8. The lowest BCUT2D eigenvalue weighted by Gasteiger charge is -2.33. The fourth-order valence-electron chi connectivity index (χ4n) is 2.22. The van der Waals surface area contributed by atoms with Gasteiger partial charge in [0.05, 0.1) is 6.04 Å². The second kappa shape index (κ2) is 6.21. The average Bonchev–Trinajstić information content (AvgIpc) is 2.27. The molecule has 1 amide bonds. The van der Waals surface area contributed by atoms with Crippen LogP contribution in [0.1, 0.15) is 26.7 Å². The molecule has 16 heavy (non-hydrogen) atoms. The van der Waals surface area contributed by atoms with Gasteiger partial charge in [-0.1, -0.05) is 0 Å². The van der Waals surface area contributed by atoms with Crippen molar-refractivity contribution in [3.8, 4) is 0 Å². The molecule has 4 nitrogen and oxygen atoms in total. The molecule has 0 aromatic heterocycles. The molecule has 1 atom stereocenters. The SMILES string of the molecule is CCN(CC1CCN(C)CC1)C(=O)[C@H](C)N. The van der Waals surface area contributed by atoms with Gasteiger partial charge < -0.3 is 15.5 Å². The number of amides is 1. The van der Waals surface area contributed by atoms with Gasteiger partial charge >= 0.3 is 0 Å². The molecule has 4 heteroatoms. The molecule has 1 rings (SSSR count). The number of hydrogen-bond acceptors (Lipinski definition) is 3. The maximum absolute atomic E-state index is 11.8. The van der Waals surface area contributed by atoms with Crippen molar-refractivity contribution in [2.75, 3.05) is 33.2 Å². The van der Waals surface area contributed by atoms with E-state index < -0.39 is 0 Å². The molecule has 0 radical (unpaired) electrons. The lowest BCUT2D eigenvalue weighted by Crippen LogP contribution is -2.45. The quantitative estimate of drug-likeness (QED) is 0.762. The lowest BCUT2D eigenvalue weighted by molar-refractivity contribution is -0.132. The molecular weight excluding hydrogens is 202 g/mol. The Morgan fingerprint density at radius 2 is 2.06 bits per heavy atom. The monoisotopic (exact) mass is 227 g/mol. The van der Waals surface area contributed by atoms with E-state index in [1.54, 1.807) is 6.92 Å². The van der Waals surface area contributed by atoms with Crippen LogP contribution in [-0.4, -0.2) is 55.0 Å². The molecule has 1 fully saturated rings. The van der Waals surface area contributed by atoms with E-state index in [0.29, 0.717) is 5.92 Å². The van der Waals surface area contributed by atoms with Gasteiger partial charge in [-0.3, -0.25) is 4.79 Å². The van der Waals surface area contributed by atoms with E-state index >= 15 is 0 Å². The largest absolute Gasteiger partial charge is 0.341 e. The minimum Gasteiger partial charge on any atom is -0.341 e. The van der Waals surface area contributed by atoms with E-state index in [9.17, 15) is 4.79 Å².